The molecule has 0 fully saturated rings. The fourth-order valence-corrected chi connectivity index (χ4v) is 9.98. The summed E-state index contributed by atoms with van der Waals surface area (Å²) >= 11 is 0. The fourth-order valence-electron chi connectivity index (χ4n) is 9.98. The standard InChI is InChI=1S/C63H42N6/c1-5-19-43(20-6-1)44-33-36-49(37-34-44)67(56-30-16-13-27-51(56)47-35-39-54-52-28-14-17-31-57(52)68(60(54)41-47)48-25-11-4-12-26-48)50-38-40-59-55(42-50)53-29-15-18-32-58(53)69(59)63-65-61(45-21-7-2-8-22-45)64-62(66-63)46-23-9-3-10-24-46/h1-42H. The maximum Gasteiger partial charge on any atom is 0.238 e. The van der Waals surface area contributed by atoms with Crippen molar-refractivity contribution >= 4 is 60.7 Å². The van der Waals surface area contributed by atoms with Crippen molar-refractivity contribution in [2.24, 2.45) is 0 Å². The maximum atomic E-state index is 5.19. The molecule has 0 spiro atoms. The van der Waals surface area contributed by atoms with Gasteiger partial charge in [0.1, 0.15) is 0 Å². The lowest BCUT2D eigenvalue weighted by atomic mass is 9.99. The number of nitrogens with zero attached hydrogens (tertiary/aromatic N) is 6. The molecule has 0 aliphatic heterocycles. The van der Waals surface area contributed by atoms with Crippen LogP contribution in [-0.4, -0.2) is 24.1 Å². The van der Waals surface area contributed by atoms with E-state index in [9.17, 15) is 0 Å². The number of benzene rings is 10. The van der Waals surface area contributed by atoms with Gasteiger partial charge >= 0.3 is 0 Å². The minimum absolute atomic E-state index is 0.559. The van der Waals surface area contributed by atoms with Crippen LogP contribution in [0.15, 0.2) is 255 Å². The van der Waals surface area contributed by atoms with Gasteiger partial charge in [-0.1, -0.05) is 188 Å². The molecule has 69 heavy (non-hydrogen) atoms. The van der Waals surface area contributed by atoms with Crippen LogP contribution in [0, 0.1) is 0 Å². The average molecular weight is 883 g/mol. The molecule has 3 heterocycles. The number of fused-ring (bicyclic) bond motifs is 6. The van der Waals surface area contributed by atoms with Gasteiger partial charge < -0.3 is 9.47 Å². The van der Waals surface area contributed by atoms with Crippen LogP contribution >= 0.6 is 0 Å². The van der Waals surface area contributed by atoms with Gasteiger partial charge in [-0.15, -0.1) is 0 Å². The van der Waals surface area contributed by atoms with Crippen molar-refractivity contribution < 1.29 is 0 Å². The highest BCUT2D eigenvalue weighted by atomic mass is 15.2. The van der Waals surface area contributed by atoms with Gasteiger partial charge in [0.05, 0.1) is 27.8 Å². The predicted molar refractivity (Wildman–Crippen MR) is 285 cm³/mol. The van der Waals surface area contributed by atoms with Crippen molar-refractivity contribution in [1.82, 2.24) is 24.1 Å². The van der Waals surface area contributed by atoms with Crippen LogP contribution < -0.4 is 4.90 Å². The van der Waals surface area contributed by atoms with Gasteiger partial charge in [0.2, 0.25) is 5.95 Å². The Morgan fingerprint density at radius 1 is 0.290 bits per heavy atom. The number of rotatable bonds is 9. The summed E-state index contributed by atoms with van der Waals surface area (Å²) in [5.74, 6) is 1.79. The minimum atomic E-state index is 0.559. The summed E-state index contributed by atoms with van der Waals surface area (Å²) in [4.78, 5) is 17.8. The van der Waals surface area contributed by atoms with Gasteiger partial charge in [0, 0.05) is 55.3 Å². The van der Waals surface area contributed by atoms with Crippen molar-refractivity contribution in [3.63, 3.8) is 0 Å². The van der Waals surface area contributed by atoms with Gasteiger partial charge in [-0.2, -0.15) is 9.97 Å². The highest BCUT2D eigenvalue weighted by Gasteiger charge is 2.23. The normalized spacial score (nSPS) is 11.5. The molecular weight excluding hydrogens is 841 g/mol. The van der Waals surface area contributed by atoms with Crippen LogP contribution in [-0.2, 0) is 0 Å². The third kappa shape index (κ3) is 7.02. The van der Waals surface area contributed by atoms with Crippen molar-refractivity contribution in [2.45, 2.75) is 0 Å². The van der Waals surface area contributed by atoms with E-state index in [4.69, 9.17) is 15.0 Å². The number of aromatic nitrogens is 5. The van der Waals surface area contributed by atoms with Crippen LogP contribution in [0.3, 0.4) is 0 Å². The molecular formula is C63H42N6. The zero-order valence-corrected chi connectivity index (χ0v) is 37.4. The highest BCUT2D eigenvalue weighted by molar-refractivity contribution is 6.12. The fraction of sp³-hybridized carbons (Fsp3) is 0. The molecule has 6 heteroatoms. The Balaban J connectivity index is 1.02. The molecule has 6 nitrogen and oxygen atoms in total. The first-order valence-electron chi connectivity index (χ1n) is 23.3. The minimum Gasteiger partial charge on any atom is -0.310 e. The number of hydrogen-bond acceptors (Lipinski definition) is 4. The van der Waals surface area contributed by atoms with Gasteiger partial charge in [0.15, 0.2) is 11.6 Å². The molecule has 0 N–H and O–H groups in total. The summed E-state index contributed by atoms with van der Waals surface area (Å²) < 4.78 is 4.57. The Hall–Kier alpha value is -9.39. The molecule has 0 radical (unpaired) electrons. The second kappa shape index (κ2) is 16.8. The van der Waals surface area contributed by atoms with Crippen molar-refractivity contribution in [3.8, 4) is 56.7 Å². The Morgan fingerprint density at radius 3 is 1.43 bits per heavy atom. The van der Waals surface area contributed by atoms with Crippen LogP contribution in [0.1, 0.15) is 0 Å². The number of anilines is 3. The largest absolute Gasteiger partial charge is 0.310 e. The molecule has 0 aliphatic carbocycles. The molecule has 0 bridgehead atoms. The molecule has 0 atom stereocenters. The van der Waals surface area contributed by atoms with Crippen molar-refractivity contribution in [1.29, 1.82) is 0 Å². The van der Waals surface area contributed by atoms with E-state index < -0.39 is 0 Å². The molecule has 324 valence electrons. The summed E-state index contributed by atoms with van der Waals surface area (Å²) in [6.45, 7) is 0. The molecule has 0 unspecified atom stereocenters. The Bertz CT molecular complexity index is 3940. The Kier molecular flexibility index (Phi) is 9.72. The molecule has 13 aromatic rings. The first-order chi connectivity index (χ1) is 34.2. The number of para-hydroxylation sites is 4. The molecule has 0 saturated heterocycles. The Morgan fingerprint density at radius 2 is 0.768 bits per heavy atom. The predicted octanol–water partition coefficient (Wildman–Crippen LogP) is 16.2. The van der Waals surface area contributed by atoms with E-state index in [-0.39, 0.29) is 0 Å². The van der Waals surface area contributed by atoms with Crippen LogP contribution in [0.2, 0.25) is 0 Å². The van der Waals surface area contributed by atoms with E-state index in [0.29, 0.717) is 17.6 Å². The molecule has 0 amide bonds. The summed E-state index contributed by atoms with van der Waals surface area (Å²) in [5.41, 5.74) is 15.0. The monoisotopic (exact) mass is 882 g/mol. The third-order valence-corrected chi connectivity index (χ3v) is 13.2. The SMILES string of the molecule is c1ccc(-c2ccc(N(c3ccc4c(c3)c3ccccc3n4-c3nc(-c4ccccc4)nc(-c4ccccc4)n3)c3ccccc3-c3ccc4c5ccccc5n(-c5ccccc5)c4c3)cc2)cc1. The van der Waals surface area contributed by atoms with Gasteiger partial charge in [-0.3, -0.25) is 4.57 Å². The van der Waals surface area contributed by atoms with Gasteiger partial charge in [0.25, 0.3) is 0 Å². The van der Waals surface area contributed by atoms with E-state index in [0.717, 1.165) is 77.9 Å². The van der Waals surface area contributed by atoms with Crippen LogP contribution in [0.25, 0.3) is 100 Å². The van der Waals surface area contributed by atoms with Crippen molar-refractivity contribution in [3.05, 3.63) is 255 Å². The van der Waals surface area contributed by atoms with Gasteiger partial charge in [-0.05, 0) is 83.4 Å². The molecule has 10 aromatic carbocycles. The second-order valence-electron chi connectivity index (χ2n) is 17.3. The number of hydrogen-bond donors (Lipinski definition) is 0. The quantitative estimate of drug-likeness (QED) is 0.145. The van der Waals surface area contributed by atoms with E-state index in [1.807, 2.05) is 60.7 Å². The molecule has 0 aliphatic rings. The lowest BCUT2D eigenvalue weighted by Gasteiger charge is -2.28. The molecule has 3 aromatic heterocycles. The van der Waals surface area contributed by atoms with E-state index in [1.165, 1.54) is 21.9 Å². The zero-order chi connectivity index (χ0) is 45.7. The first-order valence-corrected chi connectivity index (χ1v) is 23.3. The average Bonchev–Trinajstić information content (AvgIpc) is 3.94. The lowest BCUT2D eigenvalue weighted by molar-refractivity contribution is 0.953. The molecule has 13 rings (SSSR count). The van der Waals surface area contributed by atoms with Gasteiger partial charge in [-0.25, -0.2) is 4.98 Å². The van der Waals surface area contributed by atoms with Crippen LogP contribution in [0.5, 0.6) is 0 Å². The summed E-state index contributed by atoms with van der Waals surface area (Å²) in [5, 5.41) is 4.64. The second-order valence-corrected chi connectivity index (χ2v) is 17.3. The smallest absolute Gasteiger partial charge is 0.238 e. The highest BCUT2D eigenvalue weighted by Crippen LogP contribution is 2.45. The van der Waals surface area contributed by atoms with E-state index in [2.05, 4.69) is 208 Å². The molecule has 0 saturated carbocycles. The lowest BCUT2D eigenvalue weighted by Crippen LogP contribution is -2.11. The Labute approximate surface area is 399 Å². The third-order valence-electron chi connectivity index (χ3n) is 13.2. The summed E-state index contributed by atoms with van der Waals surface area (Å²) in [6, 6.07) is 90.2. The summed E-state index contributed by atoms with van der Waals surface area (Å²) in [6.07, 6.45) is 0. The topological polar surface area (TPSA) is 51.8 Å². The van der Waals surface area contributed by atoms with Crippen molar-refractivity contribution in [2.75, 3.05) is 4.90 Å². The first kappa shape index (κ1) is 39.9. The maximum absolute atomic E-state index is 5.19. The van der Waals surface area contributed by atoms with Crippen LogP contribution in [0.4, 0.5) is 17.1 Å². The zero-order valence-electron chi connectivity index (χ0n) is 37.4. The van der Waals surface area contributed by atoms with E-state index >= 15 is 0 Å². The summed E-state index contributed by atoms with van der Waals surface area (Å²) in [7, 11) is 0. The van der Waals surface area contributed by atoms with E-state index in [1.54, 1.807) is 0 Å².